The average Bonchev–Trinajstić information content (AvgIpc) is 2.80. The van der Waals surface area contributed by atoms with Crippen LogP contribution in [-0.4, -0.2) is 10.7 Å². The van der Waals surface area contributed by atoms with Crippen LogP contribution in [0.1, 0.15) is 16.7 Å². The predicted molar refractivity (Wildman–Crippen MR) is 73.3 cm³/mol. The van der Waals surface area contributed by atoms with E-state index in [9.17, 15) is 13.2 Å². The first-order chi connectivity index (χ1) is 9.45. The number of nitrogens with zero attached hydrogens (tertiary/aromatic N) is 2. The fraction of sp³-hybridized carbons (Fsp3) is 0.143. The Morgan fingerprint density at radius 2 is 1.95 bits per heavy atom. The van der Waals surface area contributed by atoms with Crippen LogP contribution in [0.5, 0.6) is 0 Å². The molecule has 2 nitrogen and oxygen atoms in total. The molecular formula is C14H8BrF3N2. The van der Waals surface area contributed by atoms with E-state index >= 15 is 0 Å². The highest BCUT2D eigenvalue weighted by atomic mass is 79.9. The van der Waals surface area contributed by atoms with Gasteiger partial charge in [0.05, 0.1) is 17.0 Å². The van der Waals surface area contributed by atoms with Crippen LogP contribution in [0.4, 0.5) is 18.9 Å². The molecule has 1 aromatic carbocycles. The number of benzene rings is 1. The lowest BCUT2D eigenvalue weighted by Crippen LogP contribution is -2.04. The van der Waals surface area contributed by atoms with E-state index in [4.69, 9.17) is 0 Å². The van der Waals surface area contributed by atoms with Gasteiger partial charge in [-0.2, -0.15) is 13.2 Å². The van der Waals surface area contributed by atoms with Crippen LogP contribution in [0.15, 0.2) is 46.1 Å². The molecule has 0 saturated carbocycles. The quantitative estimate of drug-likeness (QED) is 0.748. The molecule has 0 unspecified atom stereocenters. The monoisotopic (exact) mass is 340 g/mol. The summed E-state index contributed by atoms with van der Waals surface area (Å²) in [6, 6.07) is 5.47. The van der Waals surface area contributed by atoms with Gasteiger partial charge in [-0.3, -0.25) is 9.98 Å². The van der Waals surface area contributed by atoms with E-state index in [1.54, 1.807) is 18.5 Å². The number of hydrogen-bond acceptors (Lipinski definition) is 2. The van der Waals surface area contributed by atoms with Gasteiger partial charge < -0.3 is 0 Å². The molecule has 2 aromatic rings. The lowest BCUT2D eigenvalue weighted by molar-refractivity contribution is -0.137. The largest absolute Gasteiger partial charge is 0.416 e. The molecule has 0 N–H and O–H groups in total. The van der Waals surface area contributed by atoms with Crippen LogP contribution >= 0.6 is 15.9 Å². The minimum atomic E-state index is -4.34. The van der Waals surface area contributed by atoms with Gasteiger partial charge >= 0.3 is 6.18 Å². The van der Waals surface area contributed by atoms with E-state index < -0.39 is 11.7 Å². The number of rotatable bonds is 1. The summed E-state index contributed by atoms with van der Waals surface area (Å²) >= 11 is 3.37. The second-order valence-corrected chi connectivity index (χ2v) is 5.29. The molecule has 2 heterocycles. The fourth-order valence-electron chi connectivity index (χ4n) is 2.12. The molecule has 0 radical (unpaired) electrons. The summed E-state index contributed by atoms with van der Waals surface area (Å²) in [5.74, 6) is 0. The lowest BCUT2D eigenvalue weighted by Gasteiger charge is -2.07. The highest BCUT2D eigenvalue weighted by Gasteiger charge is 2.32. The topological polar surface area (TPSA) is 25.2 Å². The van der Waals surface area contributed by atoms with Crippen molar-refractivity contribution < 1.29 is 13.2 Å². The Bertz CT molecular complexity index is 708. The number of aliphatic imine (C=N–C) groups is 1. The third kappa shape index (κ3) is 2.35. The zero-order valence-corrected chi connectivity index (χ0v) is 11.7. The molecule has 0 fully saturated rings. The fourth-order valence-corrected chi connectivity index (χ4v) is 2.60. The molecule has 1 aliphatic rings. The van der Waals surface area contributed by atoms with E-state index in [2.05, 4.69) is 25.9 Å². The van der Waals surface area contributed by atoms with Crippen molar-refractivity contribution in [2.45, 2.75) is 12.6 Å². The third-order valence-corrected chi connectivity index (χ3v) is 3.74. The number of aromatic nitrogens is 1. The molecule has 6 heteroatoms. The molecule has 0 aliphatic carbocycles. The van der Waals surface area contributed by atoms with Crippen molar-refractivity contribution in [2.75, 3.05) is 0 Å². The van der Waals surface area contributed by atoms with Crippen molar-refractivity contribution in [1.29, 1.82) is 0 Å². The first kappa shape index (κ1) is 13.3. The number of fused-ring (bicyclic) bond motifs is 1. The molecule has 1 aliphatic heterocycles. The molecule has 0 amide bonds. The first-order valence-electron chi connectivity index (χ1n) is 5.83. The second kappa shape index (κ2) is 4.70. The minimum Gasteiger partial charge on any atom is -0.264 e. The van der Waals surface area contributed by atoms with Crippen molar-refractivity contribution >= 4 is 27.3 Å². The van der Waals surface area contributed by atoms with Crippen LogP contribution in [0.3, 0.4) is 0 Å². The second-order valence-electron chi connectivity index (χ2n) is 4.43. The van der Waals surface area contributed by atoms with E-state index in [0.717, 1.165) is 33.4 Å². The Morgan fingerprint density at radius 3 is 2.65 bits per heavy atom. The van der Waals surface area contributed by atoms with Gasteiger partial charge in [0, 0.05) is 28.9 Å². The van der Waals surface area contributed by atoms with Crippen LogP contribution in [0, 0.1) is 0 Å². The van der Waals surface area contributed by atoms with E-state index in [0.29, 0.717) is 12.1 Å². The number of alkyl halides is 3. The molecule has 102 valence electrons. The first-order valence-corrected chi connectivity index (χ1v) is 6.62. The SMILES string of the molecule is FC(F)(F)c1ccc2c(c1)N=C(c1ccncc1Br)C2. The van der Waals surface area contributed by atoms with Crippen LogP contribution < -0.4 is 0 Å². The third-order valence-electron chi connectivity index (χ3n) is 3.11. The van der Waals surface area contributed by atoms with E-state index in [1.807, 2.05) is 0 Å². The highest BCUT2D eigenvalue weighted by molar-refractivity contribution is 9.10. The summed E-state index contributed by atoms with van der Waals surface area (Å²) in [5, 5.41) is 0. The average molecular weight is 341 g/mol. The molecule has 0 saturated heterocycles. The van der Waals surface area contributed by atoms with E-state index in [-0.39, 0.29) is 0 Å². The summed E-state index contributed by atoms with van der Waals surface area (Å²) in [7, 11) is 0. The number of pyridine rings is 1. The van der Waals surface area contributed by atoms with Crippen LogP contribution in [0.25, 0.3) is 0 Å². The normalized spacial score (nSPS) is 14.1. The maximum absolute atomic E-state index is 12.7. The Morgan fingerprint density at radius 1 is 1.15 bits per heavy atom. The van der Waals surface area contributed by atoms with Crippen LogP contribution in [0.2, 0.25) is 0 Å². The zero-order valence-electron chi connectivity index (χ0n) is 10.1. The van der Waals surface area contributed by atoms with Gasteiger partial charge in [0.1, 0.15) is 0 Å². The number of hydrogen-bond donors (Lipinski definition) is 0. The Labute approximate surface area is 121 Å². The molecule has 0 bridgehead atoms. The summed E-state index contributed by atoms with van der Waals surface area (Å²) in [5.41, 5.74) is 2.11. The zero-order chi connectivity index (χ0) is 14.3. The summed E-state index contributed by atoms with van der Waals surface area (Å²) in [6.45, 7) is 0. The van der Waals surface area contributed by atoms with Crippen molar-refractivity contribution in [2.24, 2.45) is 4.99 Å². The lowest BCUT2D eigenvalue weighted by atomic mass is 10.0. The van der Waals surface area contributed by atoms with Crippen LogP contribution in [-0.2, 0) is 12.6 Å². The molecule has 0 spiro atoms. The summed E-state index contributed by atoms with van der Waals surface area (Å²) < 4.78 is 38.8. The van der Waals surface area contributed by atoms with Crippen molar-refractivity contribution in [1.82, 2.24) is 4.98 Å². The maximum Gasteiger partial charge on any atom is 0.416 e. The van der Waals surface area contributed by atoms with Gasteiger partial charge in [0.2, 0.25) is 0 Å². The Kier molecular flexibility index (Phi) is 3.12. The smallest absolute Gasteiger partial charge is 0.264 e. The van der Waals surface area contributed by atoms with Gasteiger partial charge in [-0.05, 0) is 39.7 Å². The van der Waals surface area contributed by atoms with Crippen molar-refractivity contribution in [3.05, 3.63) is 57.8 Å². The highest BCUT2D eigenvalue weighted by Crippen LogP contribution is 2.36. The van der Waals surface area contributed by atoms with Crippen molar-refractivity contribution in [3.63, 3.8) is 0 Å². The molecular weight excluding hydrogens is 333 g/mol. The van der Waals surface area contributed by atoms with Crippen molar-refractivity contribution in [3.8, 4) is 0 Å². The number of halogens is 4. The summed E-state index contributed by atoms with van der Waals surface area (Å²) in [6.07, 6.45) is -0.546. The maximum atomic E-state index is 12.7. The molecule has 0 atom stereocenters. The van der Waals surface area contributed by atoms with Gasteiger partial charge in [-0.15, -0.1) is 0 Å². The molecule has 1 aromatic heterocycles. The Balaban J connectivity index is 2.02. The van der Waals surface area contributed by atoms with Gasteiger partial charge in [0.25, 0.3) is 0 Å². The predicted octanol–water partition coefficient (Wildman–Crippen LogP) is 4.54. The summed E-state index contributed by atoms with van der Waals surface area (Å²) in [4.78, 5) is 8.28. The molecule has 20 heavy (non-hydrogen) atoms. The minimum absolute atomic E-state index is 0.388. The van der Waals surface area contributed by atoms with Gasteiger partial charge in [-0.25, -0.2) is 0 Å². The van der Waals surface area contributed by atoms with E-state index in [1.165, 1.54) is 6.07 Å². The Hall–Kier alpha value is -1.69. The molecule has 3 rings (SSSR count). The standard InChI is InChI=1S/C14H8BrF3N2/c15-11-7-19-4-3-10(11)13-5-8-1-2-9(14(16,17)18)6-12(8)20-13/h1-4,6-7H,5H2. The van der Waals surface area contributed by atoms with Gasteiger partial charge in [0.15, 0.2) is 0 Å². The van der Waals surface area contributed by atoms with Gasteiger partial charge in [-0.1, -0.05) is 6.07 Å².